The fourth-order valence-corrected chi connectivity index (χ4v) is 3.73. The molecule has 29 heavy (non-hydrogen) atoms. The Morgan fingerprint density at radius 2 is 1.93 bits per heavy atom. The van der Waals surface area contributed by atoms with Crippen molar-refractivity contribution < 1.29 is 4.74 Å². The number of pyridine rings is 1. The zero-order chi connectivity index (χ0) is 20.1. The van der Waals surface area contributed by atoms with E-state index in [9.17, 15) is 0 Å². The molecule has 0 radical (unpaired) electrons. The lowest BCUT2D eigenvalue weighted by Crippen LogP contribution is -2.29. The molecule has 6 heteroatoms. The van der Waals surface area contributed by atoms with Gasteiger partial charge in [0.15, 0.2) is 0 Å². The van der Waals surface area contributed by atoms with Crippen molar-refractivity contribution in [3.05, 3.63) is 83.1 Å². The highest BCUT2D eigenvalue weighted by molar-refractivity contribution is 5.49. The Kier molecular flexibility index (Phi) is 6.00. The van der Waals surface area contributed by atoms with Crippen molar-refractivity contribution in [3.8, 4) is 5.75 Å². The first-order chi connectivity index (χ1) is 14.2. The van der Waals surface area contributed by atoms with Crippen molar-refractivity contribution >= 4 is 0 Å². The van der Waals surface area contributed by atoms with E-state index in [1.807, 2.05) is 29.5 Å². The monoisotopic (exact) mass is 389 g/mol. The number of hydrogen-bond acceptors (Lipinski definition) is 5. The Morgan fingerprint density at radius 1 is 1.07 bits per heavy atom. The van der Waals surface area contributed by atoms with Crippen LogP contribution >= 0.6 is 0 Å². The molecule has 0 atom stereocenters. The predicted octanol–water partition coefficient (Wildman–Crippen LogP) is 3.70. The van der Waals surface area contributed by atoms with Crippen LogP contribution in [0.2, 0.25) is 0 Å². The van der Waals surface area contributed by atoms with E-state index in [1.165, 1.54) is 27.8 Å². The maximum absolute atomic E-state index is 6.04. The summed E-state index contributed by atoms with van der Waals surface area (Å²) in [4.78, 5) is 6.60. The molecule has 0 N–H and O–H groups in total. The maximum atomic E-state index is 6.04. The van der Waals surface area contributed by atoms with Gasteiger partial charge >= 0.3 is 0 Å². The van der Waals surface area contributed by atoms with E-state index < -0.39 is 0 Å². The quantitative estimate of drug-likeness (QED) is 0.588. The molecule has 3 aromatic rings. The molecule has 2 aromatic heterocycles. The highest BCUT2D eigenvalue weighted by Gasteiger charge is 2.18. The van der Waals surface area contributed by atoms with E-state index in [0.717, 1.165) is 44.8 Å². The van der Waals surface area contributed by atoms with Gasteiger partial charge in [0.05, 0.1) is 12.5 Å². The summed E-state index contributed by atoms with van der Waals surface area (Å²) in [5, 5.41) is 7.94. The van der Waals surface area contributed by atoms with Crippen LogP contribution in [0, 0.1) is 13.8 Å². The van der Waals surface area contributed by atoms with Gasteiger partial charge in [0.25, 0.3) is 0 Å². The fourth-order valence-electron chi connectivity index (χ4n) is 3.73. The molecule has 1 aliphatic rings. The second-order valence-electron chi connectivity index (χ2n) is 7.65. The van der Waals surface area contributed by atoms with E-state index in [4.69, 9.17) is 4.74 Å². The molecule has 4 rings (SSSR count). The van der Waals surface area contributed by atoms with Crippen molar-refractivity contribution in [2.45, 2.75) is 39.8 Å². The van der Waals surface area contributed by atoms with Gasteiger partial charge in [0.1, 0.15) is 5.75 Å². The molecule has 1 aliphatic heterocycles. The van der Waals surface area contributed by atoms with Gasteiger partial charge in [-0.2, -0.15) is 0 Å². The third-order valence-corrected chi connectivity index (χ3v) is 5.43. The highest BCUT2D eigenvalue weighted by atomic mass is 16.5. The van der Waals surface area contributed by atoms with Gasteiger partial charge in [-0.15, -0.1) is 5.10 Å². The number of aryl methyl sites for hydroxylation is 2. The minimum Gasteiger partial charge on any atom is -0.464 e. The molecule has 0 aliphatic carbocycles. The molecular formula is C23H27N5O. The van der Waals surface area contributed by atoms with Crippen LogP contribution in [-0.4, -0.2) is 38.0 Å². The average molecular weight is 390 g/mol. The van der Waals surface area contributed by atoms with Crippen LogP contribution in [-0.2, 0) is 19.5 Å². The van der Waals surface area contributed by atoms with Crippen molar-refractivity contribution in [1.29, 1.82) is 0 Å². The summed E-state index contributed by atoms with van der Waals surface area (Å²) in [5.41, 5.74) is 6.35. The van der Waals surface area contributed by atoms with Crippen molar-refractivity contribution in [3.63, 3.8) is 0 Å². The molecule has 6 nitrogen and oxygen atoms in total. The molecule has 0 amide bonds. The Balaban J connectivity index is 1.43. The van der Waals surface area contributed by atoms with Gasteiger partial charge in [0.2, 0.25) is 0 Å². The van der Waals surface area contributed by atoms with E-state index in [1.54, 1.807) is 6.20 Å². The molecule has 0 spiro atoms. The molecule has 0 bridgehead atoms. The number of hydrogen-bond donors (Lipinski definition) is 0. The lowest BCUT2D eigenvalue weighted by atomic mass is 9.97. The SMILES string of the molecule is Cc1ccc2c(c1C)OC=C(CN(CCCn1ccnn1)Cc1ccncc1)C2. The third kappa shape index (κ3) is 4.90. The van der Waals surface area contributed by atoms with Crippen LogP contribution < -0.4 is 4.74 Å². The summed E-state index contributed by atoms with van der Waals surface area (Å²) in [6.45, 7) is 7.86. The molecule has 0 fully saturated rings. The lowest BCUT2D eigenvalue weighted by Gasteiger charge is -2.26. The van der Waals surface area contributed by atoms with Crippen molar-refractivity contribution in [2.24, 2.45) is 0 Å². The normalized spacial score (nSPS) is 13.1. The second-order valence-corrected chi connectivity index (χ2v) is 7.65. The molecule has 1 aromatic carbocycles. The van der Waals surface area contributed by atoms with Crippen LogP contribution in [0.3, 0.4) is 0 Å². The summed E-state index contributed by atoms with van der Waals surface area (Å²) in [6.07, 6.45) is 11.2. The van der Waals surface area contributed by atoms with Crippen molar-refractivity contribution in [1.82, 2.24) is 24.9 Å². The minimum atomic E-state index is 0.865. The summed E-state index contributed by atoms with van der Waals surface area (Å²) in [7, 11) is 0. The summed E-state index contributed by atoms with van der Waals surface area (Å²) >= 11 is 0. The van der Waals surface area contributed by atoms with Gasteiger partial charge < -0.3 is 4.74 Å². The number of ether oxygens (including phenoxy) is 1. The Hall–Kier alpha value is -2.99. The van der Waals surface area contributed by atoms with Gasteiger partial charge in [0, 0.05) is 51.2 Å². The molecule has 3 heterocycles. The second kappa shape index (κ2) is 9.01. The number of fused-ring (bicyclic) bond motifs is 1. The van der Waals surface area contributed by atoms with E-state index in [0.29, 0.717) is 0 Å². The predicted molar refractivity (Wildman–Crippen MR) is 112 cm³/mol. The van der Waals surface area contributed by atoms with Crippen LogP contribution in [0.1, 0.15) is 28.7 Å². The minimum absolute atomic E-state index is 0.865. The van der Waals surface area contributed by atoms with Crippen LogP contribution in [0.25, 0.3) is 0 Å². The number of benzene rings is 1. The summed E-state index contributed by atoms with van der Waals surface area (Å²) in [6, 6.07) is 8.55. The Morgan fingerprint density at radius 3 is 2.72 bits per heavy atom. The lowest BCUT2D eigenvalue weighted by molar-refractivity contribution is 0.270. The Labute approximate surface area is 171 Å². The van der Waals surface area contributed by atoms with E-state index in [2.05, 4.69) is 58.3 Å². The molecule has 0 unspecified atom stereocenters. The first-order valence-corrected chi connectivity index (χ1v) is 10.1. The number of rotatable bonds is 8. The number of nitrogens with zero attached hydrogens (tertiary/aromatic N) is 5. The van der Waals surface area contributed by atoms with Gasteiger partial charge in [-0.3, -0.25) is 14.6 Å². The third-order valence-electron chi connectivity index (χ3n) is 5.43. The van der Waals surface area contributed by atoms with Crippen molar-refractivity contribution in [2.75, 3.05) is 13.1 Å². The first-order valence-electron chi connectivity index (χ1n) is 10.1. The number of aromatic nitrogens is 4. The standard InChI is InChI=1S/C23H27N5O/c1-18-4-5-22-14-21(17-29-23(22)19(18)2)16-27(15-20-6-8-24-9-7-20)11-3-12-28-13-10-25-26-28/h4-10,13,17H,3,11-12,14-16H2,1-2H3. The highest BCUT2D eigenvalue weighted by Crippen LogP contribution is 2.32. The zero-order valence-corrected chi connectivity index (χ0v) is 17.1. The fraction of sp³-hybridized carbons (Fsp3) is 0.348. The summed E-state index contributed by atoms with van der Waals surface area (Å²) in [5.74, 6) is 1.03. The van der Waals surface area contributed by atoms with Gasteiger partial charge in [-0.25, -0.2) is 0 Å². The smallest absolute Gasteiger partial charge is 0.133 e. The molecule has 0 saturated carbocycles. The maximum Gasteiger partial charge on any atom is 0.133 e. The average Bonchev–Trinajstić information content (AvgIpc) is 3.25. The first kappa shape index (κ1) is 19.3. The topological polar surface area (TPSA) is 56.1 Å². The van der Waals surface area contributed by atoms with Crippen LogP contribution in [0.5, 0.6) is 5.75 Å². The Bertz CT molecular complexity index is 966. The molecular weight excluding hydrogens is 362 g/mol. The van der Waals surface area contributed by atoms with Crippen LogP contribution in [0.4, 0.5) is 0 Å². The van der Waals surface area contributed by atoms with Gasteiger partial charge in [-0.05, 0) is 60.2 Å². The van der Waals surface area contributed by atoms with Gasteiger partial charge in [-0.1, -0.05) is 17.3 Å². The van der Waals surface area contributed by atoms with E-state index >= 15 is 0 Å². The molecule has 0 saturated heterocycles. The largest absolute Gasteiger partial charge is 0.464 e. The molecule has 150 valence electrons. The van der Waals surface area contributed by atoms with E-state index in [-0.39, 0.29) is 0 Å². The summed E-state index contributed by atoms with van der Waals surface area (Å²) < 4.78 is 7.92. The van der Waals surface area contributed by atoms with Crippen LogP contribution in [0.15, 0.2) is 60.9 Å². The zero-order valence-electron chi connectivity index (χ0n) is 17.1.